The van der Waals surface area contributed by atoms with Crippen LogP contribution in [0.25, 0.3) is 0 Å². The standard InChI is InChI=1S/C13H19NOS/c1-15-8-4-7-14-10-12-9-11-5-2-3-6-13(11)16-12/h2-3,5-6,12,14H,4,7-10H2,1H3. The van der Waals surface area contributed by atoms with E-state index in [4.69, 9.17) is 4.74 Å². The van der Waals surface area contributed by atoms with Crippen LogP contribution in [0.15, 0.2) is 29.2 Å². The zero-order valence-electron chi connectivity index (χ0n) is 9.74. The summed E-state index contributed by atoms with van der Waals surface area (Å²) >= 11 is 2.01. The Labute approximate surface area is 102 Å². The molecule has 3 heteroatoms. The third kappa shape index (κ3) is 3.24. The van der Waals surface area contributed by atoms with Gasteiger partial charge in [-0.2, -0.15) is 0 Å². The summed E-state index contributed by atoms with van der Waals surface area (Å²) in [4.78, 5) is 1.46. The molecule has 0 saturated carbocycles. The summed E-state index contributed by atoms with van der Waals surface area (Å²) in [6.45, 7) is 3.01. The molecule has 2 rings (SSSR count). The van der Waals surface area contributed by atoms with Crippen molar-refractivity contribution in [2.75, 3.05) is 26.8 Å². The zero-order valence-corrected chi connectivity index (χ0v) is 10.6. The smallest absolute Gasteiger partial charge is 0.0474 e. The number of nitrogens with one attached hydrogen (secondary N) is 1. The van der Waals surface area contributed by atoms with Crippen LogP contribution in [0.2, 0.25) is 0 Å². The molecule has 1 atom stereocenters. The number of rotatable bonds is 6. The van der Waals surface area contributed by atoms with Gasteiger partial charge in [-0.1, -0.05) is 18.2 Å². The normalized spacial score (nSPS) is 18.7. The second-order valence-electron chi connectivity index (χ2n) is 4.10. The van der Waals surface area contributed by atoms with Gasteiger partial charge in [0.05, 0.1) is 0 Å². The van der Waals surface area contributed by atoms with Crippen LogP contribution in [0.4, 0.5) is 0 Å². The van der Waals surface area contributed by atoms with E-state index in [1.165, 1.54) is 16.9 Å². The molecule has 0 aromatic heterocycles. The molecule has 88 valence electrons. The van der Waals surface area contributed by atoms with Gasteiger partial charge >= 0.3 is 0 Å². The molecule has 1 unspecified atom stereocenters. The van der Waals surface area contributed by atoms with Crippen LogP contribution in [0.5, 0.6) is 0 Å². The van der Waals surface area contributed by atoms with Crippen molar-refractivity contribution in [1.82, 2.24) is 5.32 Å². The van der Waals surface area contributed by atoms with E-state index in [0.29, 0.717) is 5.25 Å². The van der Waals surface area contributed by atoms with Crippen LogP contribution < -0.4 is 5.32 Å². The first-order chi connectivity index (χ1) is 7.90. The summed E-state index contributed by atoms with van der Waals surface area (Å²) in [6, 6.07) is 8.73. The van der Waals surface area contributed by atoms with Crippen LogP contribution in [0.1, 0.15) is 12.0 Å². The molecular formula is C13H19NOS. The van der Waals surface area contributed by atoms with Gasteiger partial charge in [0, 0.05) is 30.4 Å². The number of ether oxygens (including phenoxy) is 1. The van der Waals surface area contributed by atoms with E-state index in [0.717, 1.165) is 26.1 Å². The molecular weight excluding hydrogens is 218 g/mol. The fourth-order valence-electron chi connectivity index (χ4n) is 1.97. The highest BCUT2D eigenvalue weighted by molar-refractivity contribution is 8.00. The van der Waals surface area contributed by atoms with E-state index in [1.807, 2.05) is 11.8 Å². The van der Waals surface area contributed by atoms with Gasteiger partial charge in [0.15, 0.2) is 0 Å². The summed E-state index contributed by atoms with van der Waals surface area (Å²) in [5.74, 6) is 0. The molecule has 0 radical (unpaired) electrons. The predicted molar refractivity (Wildman–Crippen MR) is 69.2 cm³/mol. The van der Waals surface area contributed by atoms with Crippen molar-refractivity contribution < 1.29 is 4.74 Å². The Kier molecular flexibility index (Phi) is 4.69. The van der Waals surface area contributed by atoms with E-state index in [9.17, 15) is 0 Å². The molecule has 1 N–H and O–H groups in total. The number of hydrogen-bond donors (Lipinski definition) is 1. The summed E-state index contributed by atoms with van der Waals surface area (Å²) in [5, 5.41) is 4.20. The third-order valence-electron chi connectivity index (χ3n) is 2.79. The molecule has 0 spiro atoms. The number of hydrogen-bond acceptors (Lipinski definition) is 3. The lowest BCUT2D eigenvalue weighted by molar-refractivity contribution is 0.194. The first-order valence-corrected chi connectivity index (χ1v) is 6.72. The second kappa shape index (κ2) is 6.28. The second-order valence-corrected chi connectivity index (χ2v) is 5.44. The van der Waals surface area contributed by atoms with Gasteiger partial charge in [-0.3, -0.25) is 0 Å². The minimum absolute atomic E-state index is 0.708. The van der Waals surface area contributed by atoms with Crippen molar-refractivity contribution in [3.63, 3.8) is 0 Å². The Morgan fingerprint density at radius 3 is 3.12 bits per heavy atom. The van der Waals surface area contributed by atoms with Crippen molar-refractivity contribution in [3.8, 4) is 0 Å². The van der Waals surface area contributed by atoms with Gasteiger partial charge in [-0.15, -0.1) is 11.8 Å². The topological polar surface area (TPSA) is 21.3 Å². The van der Waals surface area contributed by atoms with Gasteiger partial charge in [-0.25, -0.2) is 0 Å². The molecule has 0 aliphatic carbocycles. The predicted octanol–water partition coefficient (Wildman–Crippen LogP) is 2.33. The number of benzene rings is 1. The van der Waals surface area contributed by atoms with Crippen LogP contribution in [-0.2, 0) is 11.2 Å². The Hall–Kier alpha value is -0.510. The molecule has 0 amide bonds. The van der Waals surface area contributed by atoms with Crippen molar-refractivity contribution in [2.24, 2.45) is 0 Å². The first-order valence-electron chi connectivity index (χ1n) is 5.84. The highest BCUT2D eigenvalue weighted by Crippen LogP contribution is 2.36. The fraction of sp³-hybridized carbons (Fsp3) is 0.538. The molecule has 1 aromatic carbocycles. The van der Waals surface area contributed by atoms with Crippen LogP contribution >= 0.6 is 11.8 Å². The summed E-state index contributed by atoms with van der Waals surface area (Å²) < 4.78 is 5.02. The van der Waals surface area contributed by atoms with Crippen LogP contribution in [0, 0.1) is 0 Å². The Bertz CT molecular complexity index is 304. The molecule has 2 nitrogen and oxygen atoms in total. The molecule has 0 fully saturated rings. The SMILES string of the molecule is COCCCNCC1Cc2ccccc2S1. The Morgan fingerprint density at radius 2 is 2.31 bits per heavy atom. The maximum Gasteiger partial charge on any atom is 0.0474 e. The minimum atomic E-state index is 0.708. The number of fused-ring (bicyclic) bond motifs is 1. The molecule has 1 aliphatic heterocycles. The van der Waals surface area contributed by atoms with E-state index < -0.39 is 0 Å². The molecule has 0 bridgehead atoms. The highest BCUT2D eigenvalue weighted by Gasteiger charge is 2.20. The Morgan fingerprint density at radius 1 is 1.44 bits per heavy atom. The van der Waals surface area contributed by atoms with E-state index in [1.54, 1.807) is 7.11 Å². The van der Waals surface area contributed by atoms with E-state index in [2.05, 4.69) is 29.6 Å². The third-order valence-corrected chi connectivity index (χ3v) is 4.11. The van der Waals surface area contributed by atoms with Gasteiger partial charge in [0.2, 0.25) is 0 Å². The highest BCUT2D eigenvalue weighted by atomic mass is 32.2. The van der Waals surface area contributed by atoms with Crippen molar-refractivity contribution in [2.45, 2.75) is 23.0 Å². The van der Waals surface area contributed by atoms with E-state index in [-0.39, 0.29) is 0 Å². The first kappa shape index (κ1) is 12.0. The van der Waals surface area contributed by atoms with Crippen molar-refractivity contribution >= 4 is 11.8 Å². The summed E-state index contributed by atoms with van der Waals surface area (Å²) in [7, 11) is 1.75. The van der Waals surface area contributed by atoms with Gasteiger partial charge in [-0.05, 0) is 31.0 Å². The van der Waals surface area contributed by atoms with Crippen molar-refractivity contribution in [3.05, 3.63) is 29.8 Å². The van der Waals surface area contributed by atoms with Gasteiger partial charge < -0.3 is 10.1 Å². The largest absolute Gasteiger partial charge is 0.385 e. The molecule has 1 aromatic rings. The van der Waals surface area contributed by atoms with Crippen molar-refractivity contribution in [1.29, 1.82) is 0 Å². The fourth-order valence-corrected chi connectivity index (χ4v) is 3.26. The molecule has 1 heterocycles. The average Bonchev–Trinajstić information content (AvgIpc) is 2.71. The number of thioether (sulfide) groups is 1. The quantitative estimate of drug-likeness (QED) is 0.767. The monoisotopic (exact) mass is 237 g/mol. The molecule has 0 saturated heterocycles. The summed E-state index contributed by atoms with van der Waals surface area (Å²) in [5.41, 5.74) is 1.51. The Balaban J connectivity index is 1.67. The van der Waals surface area contributed by atoms with E-state index >= 15 is 0 Å². The van der Waals surface area contributed by atoms with Crippen LogP contribution in [0.3, 0.4) is 0 Å². The summed E-state index contributed by atoms with van der Waals surface area (Å²) in [6.07, 6.45) is 2.30. The maximum atomic E-state index is 5.02. The lowest BCUT2D eigenvalue weighted by Gasteiger charge is -2.09. The van der Waals surface area contributed by atoms with Crippen LogP contribution in [-0.4, -0.2) is 32.1 Å². The zero-order chi connectivity index (χ0) is 11.2. The average molecular weight is 237 g/mol. The molecule has 16 heavy (non-hydrogen) atoms. The lowest BCUT2D eigenvalue weighted by atomic mass is 10.1. The van der Waals surface area contributed by atoms with Gasteiger partial charge in [0.25, 0.3) is 0 Å². The lowest BCUT2D eigenvalue weighted by Crippen LogP contribution is -2.25. The minimum Gasteiger partial charge on any atom is -0.385 e. The maximum absolute atomic E-state index is 5.02. The number of methoxy groups -OCH3 is 1. The van der Waals surface area contributed by atoms with Gasteiger partial charge in [0.1, 0.15) is 0 Å². The molecule has 1 aliphatic rings.